The topological polar surface area (TPSA) is 90.6 Å². The third-order valence-corrected chi connectivity index (χ3v) is 6.31. The van der Waals surface area contributed by atoms with Crippen LogP contribution in [0.5, 0.6) is 0 Å². The summed E-state index contributed by atoms with van der Waals surface area (Å²) in [5.74, 6) is -0.107. The first-order chi connectivity index (χ1) is 13.6. The van der Waals surface area contributed by atoms with Crippen LogP contribution < -0.4 is 0 Å². The molecular formula is C18H14F3N5O2S. The second kappa shape index (κ2) is 6.48. The maximum absolute atomic E-state index is 13.0. The molecule has 4 aromatic heterocycles. The van der Waals surface area contributed by atoms with Gasteiger partial charge in [-0.15, -0.1) is 0 Å². The molecule has 7 nitrogen and oxygen atoms in total. The van der Waals surface area contributed by atoms with Gasteiger partial charge in [0.25, 0.3) is 0 Å². The van der Waals surface area contributed by atoms with Gasteiger partial charge in [-0.25, -0.2) is 18.4 Å². The van der Waals surface area contributed by atoms with Gasteiger partial charge in [0.05, 0.1) is 16.8 Å². The lowest BCUT2D eigenvalue weighted by molar-refractivity contribution is -0.137. The Kier molecular flexibility index (Phi) is 4.30. The van der Waals surface area contributed by atoms with E-state index in [0.717, 1.165) is 6.07 Å². The fraction of sp³-hybridized carbons (Fsp3) is 0.222. The van der Waals surface area contributed by atoms with Crippen LogP contribution in [0.2, 0.25) is 0 Å². The number of fused-ring (bicyclic) bond motifs is 2. The fourth-order valence-electron chi connectivity index (χ4n) is 3.06. The molecular weight excluding hydrogens is 407 g/mol. The van der Waals surface area contributed by atoms with Crippen molar-refractivity contribution in [2.75, 3.05) is 5.75 Å². The van der Waals surface area contributed by atoms with Crippen molar-refractivity contribution in [3.05, 3.63) is 42.4 Å². The molecule has 150 valence electrons. The molecule has 0 aliphatic carbocycles. The van der Waals surface area contributed by atoms with Gasteiger partial charge in [0.15, 0.2) is 21.3 Å². The zero-order chi connectivity index (χ0) is 21.0. The van der Waals surface area contributed by atoms with E-state index < -0.39 is 21.6 Å². The summed E-state index contributed by atoms with van der Waals surface area (Å²) in [5.41, 5.74) is -0.525. The summed E-state index contributed by atoms with van der Waals surface area (Å²) in [6.45, 7) is 1.49. The van der Waals surface area contributed by atoms with Gasteiger partial charge in [-0.05, 0) is 18.2 Å². The Morgan fingerprint density at radius 2 is 1.90 bits per heavy atom. The monoisotopic (exact) mass is 421 g/mol. The van der Waals surface area contributed by atoms with E-state index in [2.05, 4.69) is 19.9 Å². The van der Waals surface area contributed by atoms with E-state index in [4.69, 9.17) is 0 Å². The minimum Gasteiger partial charge on any atom is -0.310 e. The number of alkyl halides is 3. The lowest BCUT2D eigenvalue weighted by Gasteiger charge is -2.11. The quantitative estimate of drug-likeness (QED) is 0.504. The molecule has 0 aromatic carbocycles. The van der Waals surface area contributed by atoms with Crippen molar-refractivity contribution in [3.63, 3.8) is 0 Å². The van der Waals surface area contributed by atoms with Crippen molar-refractivity contribution < 1.29 is 21.6 Å². The van der Waals surface area contributed by atoms with E-state index in [1.54, 1.807) is 12.1 Å². The van der Waals surface area contributed by atoms with Gasteiger partial charge in [-0.1, -0.05) is 6.92 Å². The van der Waals surface area contributed by atoms with Crippen LogP contribution in [0.25, 0.3) is 33.6 Å². The lowest BCUT2D eigenvalue weighted by atomic mass is 10.2. The van der Waals surface area contributed by atoms with Gasteiger partial charge in [-0.2, -0.15) is 13.2 Å². The summed E-state index contributed by atoms with van der Waals surface area (Å²) in [4.78, 5) is 16.4. The normalized spacial score (nSPS) is 12.7. The summed E-state index contributed by atoms with van der Waals surface area (Å²) in [6, 6.07) is 4.21. The number of nitrogens with zero attached hydrogens (tertiary/aromatic N) is 5. The Morgan fingerprint density at radius 1 is 1.14 bits per heavy atom. The zero-order valence-corrected chi connectivity index (χ0v) is 16.1. The summed E-state index contributed by atoms with van der Waals surface area (Å²) in [5, 5.41) is 0.527. The molecule has 0 bridgehead atoms. The maximum atomic E-state index is 13.0. The predicted molar refractivity (Wildman–Crippen MR) is 99.8 cm³/mol. The van der Waals surface area contributed by atoms with E-state index in [1.807, 2.05) is 0 Å². The van der Waals surface area contributed by atoms with Gasteiger partial charge in [0, 0.05) is 31.0 Å². The van der Waals surface area contributed by atoms with Crippen LogP contribution in [0.1, 0.15) is 12.5 Å². The van der Waals surface area contributed by atoms with Crippen LogP contribution in [0.3, 0.4) is 0 Å². The molecule has 0 radical (unpaired) electrons. The number of sulfone groups is 1. The molecule has 0 fully saturated rings. The average molecular weight is 421 g/mol. The van der Waals surface area contributed by atoms with Crippen LogP contribution in [-0.2, 0) is 23.1 Å². The number of aromatic nitrogens is 5. The molecule has 0 atom stereocenters. The van der Waals surface area contributed by atoms with Gasteiger partial charge < -0.3 is 4.57 Å². The minimum atomic E-state index is -4.57. The van der Waals surface area contributed by atoms with Crippen molar-refractivity contribution in [1.29, 1.82) is 0 Å². The smallest absolute Gasteiger partial charge is 0.310 e. The van der Waals surface area contributed by atoms with E-state index in [1.165, 1.54) is 30.9 Å². The summed E-state index contributed by atoms with van der Waals surface area (Å²) >= 11 is 0. The lowest BCUT2D eigenvalue weighted by Crippen LogP contribution is -2.10. The number of hydrogen-bond donors (Lipinski definition) is 0. The minimum absolute atomic E-state index is 0.0138. The highest BCUT2D eigenvalue weighted by molar-refractivity contribution is 7.91. The molecule has 4 heterocycles. The number of aryl methyl sites for hydroxylation is 1. The predicted octanol–water partition coefficient (Wildman–Crippen LogP) is 3.39. The molecule has 0 N–H and O–H groups in total. The van der Waals surface area contributed by atoms with Gasteiger partial charge in [0.1, 0.15) is 16.1 Å². The molecule has 11 heteroatoms. The van der Waals surface area contributed by atoms with Crippen molar-refractivity contribution in [3.8, 4) is 11.5 Å². The van der Waals surface area contributed by atoms with Crippen molar-refractivity contribution in [2.45, 2.75) is 18.0 Å². The van der Waals surface area contributed by atoms with Gasteiger partial charge in [-0.3, -0.25) is 9.97 Å². The van der Waals surface area contributed by atoms with E-state index in [9.17, 15) is 21.6 Å². The second-order valence-corrected chi connectivity index (χ2v) is 8.55. The molecule has 0 amide bonds. The average Bonchev–Trinajstić information content (AvgIpc) is 3.02. The highest BCUT2D eigenvalue weighted by atomic mass is 32.2. The molecule has 0 aliphatic rings. The third-order valence-electron chi connectivity index (χ3n) is 4.54. The Labute approximate surface area is 163 Å². The summed E-state index contributed by atoms with van der Waals surface area (Å²) < 4.78 is 66.1. The second-order valence-electron chi connectivity index (χ2n) is 6.34. The van der Waals surface area contributed by atoms with Crippen molar-refractivity contribution in [1.82, 2.24) is 24.5 Å². The molecule has 4 aromatic rings. The highest BCUT2D eigenvalue weighted by Gasteiger charge is 2.32. The van der Waals surface area contributed by atoms with Crippen molar-refractivity contribution in [2.24, 2.45) is 7.05 Å². The standard InChI is InChI=1S/C18H14F3N5O2S/c1-3-29(27,28)15-13-10(5-4-6-22-13)8-23-14(15)17-25-12-7-11(18(19,20)21)9-24-16(12)26(17)2/h4-9H,3H2,1-2H3. The molecule has 0 aliphatic heterocycles. The number of hydrogen-bond acceptors (Lipinski definition) is 6. The Bertz CT molecular complexity index is 1360. The molecule has 0 saturated heterocycles. The van der Waals surface area contributed by atoms with Crippen LogP contribution in [-0.4, -0.2) is 38.7 Å². The van der Waals surface area contributed by atoms with Gasteiger partial charge in [0.2, 0.25) is 0 Å². The van der Waals surface area contributed by atoms with Gasteiger partial charge >= 0.3 is 6.18 Å². The number of pyridine rings is 3. The molecule has 29 heavy (non-hydrogen) atoms. The molecule has 4 rings (SSSR count). The van der Waals surface area contributed by atoms with Crippen LogP contribution in [0.4, 0.5) is 13.2 Å². The third kappa shape index (κ3) is 3.11. The zero-order valence-electron chi connectivity index (χ0n) is 15.3. The molecule has 0 spiro atoms. The summed E-state index contributed by atoms with van der Waals surface area (Å²) in [7, 11) is -2.23. The first-order valence-electron chi connectivity index (χ1n) is 8.50. The largest absolute Gasteiger partial charge is 0.417 e. The van der Waals surface area contributed by atoms with Crippen LogP contribution >= 0.6 is 0 Å². The van der Waals surface area contributed by atoms with Crippen LogP contribution in [0.15, 0.2) is 41.7 Å². The Hall–Kier alpha value is -3.08. The molecule has 0 saturated carbocycles. The fourth-order valence-corrected chi connectivity index (χ4v) is 4.25. The first kappa shape index (κ1) is 19.2. The van der Waals surface area contributed by atoms with Crippen molar-refractivity contribution >= 4 is 31.9 Å². The first-order valence-corrected chi connectivity index (χ1v) is 10.1. The maximum Gasteiger partial charge on any atom is 0.417 e. The number of halogens is 3. The van der Waals surface area contributed by atoms with E-state index in [-0.39, 0.29) is 38.8 Å². The molecule has 0 unspecified atom stereocenters. The Morgan fingerprint density at radius 3 is 2.59 bits per heavy atom. The van der Waals surface area contributed by atoms with Crippen LogP contribution in [0, 0.1) is 0 Å². The Balaban J connectivity index is 2.06. The van der Waals surface area contributed by atoms with E-state index in [0.29, 0.717) is 11.6 Å². The number of rotatable bonds is 3. The SMILES string of the molecule is CCS(=O)(=O)c1c(-c2nc3cc(C(F)(F)F)cnc3n2C)ncc2cccnc12. The number of imidazole rings is 1. The summed E-state index contributed by atoms with van der Waals surface area (Å²) in [6.07, 6.45) is -0.930. The van der Waals surface area contributed by atoms with E-state index >= 15 is 0 Å². The highest BCUT2D eigenvalue weighted by Crippen LogP contribution is 2.34.